The summed E-state index contributed by atoms with van der Waals surface area (Å²) in [6, 6.07) is 20.6. The van der Waals surface area contributed by atoms with E-state index >= 15 is 0 Å². The van der Waals surface area contributed by atoms with Crippen LogP contribution in [-0.2, 0) is 0 Å². The van der Waals surface area contributed by atoms with Crippen LogP contribution < -0.4 is 20.2 Å². The van der Waals surface area contributed by atoms with Crippen LogP contribution in [-0.4, -0.2) is 46.9 Å². The van der Waals surface area contributed by atoms with Crippen molar-refractivity contribution in [2.24, 2.45) is 5.10 Å². The molecule has 0 aliphatic rings. The minimum absolute atomic E-state index is 0.307. The Kier molecular flexibility index (Phi) is 7.68. The van der Waals surface area contributed by atoms with Crippen molar-refractivity contribution in [2.75, 3.05) is 24.1 Å². The highest BCUT2D eigenvalue weighted by molar-refractivity contribution is 7.78. The fraction of sp³-hybridized carbons (Fsp3) is 0.120. The molecular formula is C25H22F3N7OS. The molecule has 190 valence electrons. The maximum atomic E-state index is 12.4. The average molecular weight is 526 g/mol. The van der Waals surface area contributed by atoms with E-state index in [1.165, 1.54) is 40.8 Å². The molecule has 0 fully saturated rings. The molecule has 0 aliphatic heterocycles. The molecule has 0 saturated carbocycles. The average Bonchev–Trinajstić information content (AvgIpc) is 3.37. The number of nitrogens with zero attached hydrogens (tertiary/aromatic N) is 6. The molecule has 4 aromatic rings. The number of alkyl halides is 3. The van der Waals surface area contributed by atoms with E-state index in [0.29, 0.717) is 11.5 Å². The quantitative estimate of drug-likeness (QED) is 0.183. The molecule has 4 rings (SSSR count). The number of hydrazone groups is 1. The standard InChI is InChI=1S/C25H22F3N7OS/c1-33(2)20-7-9-22(10-8-20)35(31-17-37)30-15-18-3-5-19(6-4-18)24-29-16-34(32-24)21-11-13-23(14-12-21)36-25(26,27)28/h3-17H,1-2H3,(H,31,37)/b30-15+. The summed E-state index contributed by atoms with van der Waals surface area (Å²) in [7, 11) is 3.94. The highest BCUT2D eigenvalue weighted by Gasteiger charge is 2.31. The van der Waals surface area contributed by atoms with E-state index in [1.807, 2.05) is 67.5 Å². The van der Waals surface area contributed by atoms with Crippen LogP contribution in [0.15, 0.2) is 84.2 Å². The molecule has 3 aromatic carbocycles. The second-order valence-electron chi connectivity index (χ2n) is 7.89. The van der Waals surface area contributed by atoms with Gasteiger partial charge in [-0.3, -0.25) is 5.43 Å². The fourth-order valence-corrected chi connectivity index (χ4v) is 3.38. The first-order valence-electron chi connectivity index (χ1n) is 10.9. The van der Waals surface area contributed by atoms with Crippen molar-refractivity contribution in [1.29, 1.82) is 0 Å². The number of hydrogen-bond donors (Lipinski definition) is 1. The second kappa shape index (κ2) is 11.1. The minimum Gasteiger partial charge on any atom is -0.406 e. The summed E-state index contributed by atoms with van der Waals surface area (Å²) in [6.45, 7) is 0. The van der Waals surface area contributed by atoms with Crippen molar-refractivity contribution in [3.63, 3.8) is 0 Å². The third kappa shape index (κ3) is 6.82. The first-order chi connectivity index (χ1) is 17.7. The Morgan fingerprint density at radius 3 is 2.19 bits per heavy atom. The lowest BCUT2D eigenvalue weighted by atomic mass is 10.1. The van der Waals surface area contributed by atoms with Gasteiger partial charge in [0.15, 0.2) is 5.82 Å². The summed E-state index contributed by atoms with van der Waals surface area (Å²) in [5.41, 5.74) is 8.31. The van der Waals surface area contributed by atoms with Crippen molar-refractivity contribution < 1.29 is 17.9 Å². The summed E-state index contributed by atoms with van der Waals surface area (Å²) in [4.78, 5) is 6.31. The molecule has 1 N–H and O–H groups in total. The van der Waals surface area contributed by atoms with Crippen LogP contribution in [0, 0.1) is 0 Å². The molecule has 0 amide bonds. The number of aromatic nitrogens is 3. The van der Waals surface area contributed by atoms with Gasteiger partial charge in [0.25, 0.3) is 0 Å². The van der Waals surface area contributed by atoms with Gasteiger partial charge in [-0.15, -0.1) is 18.3 Å². The number of ether oxygens (including phenoxy) is 1. The normalized spacial score (nSPS) is 11.4. The van der Waals surface area contributed by atoms with Crippen LogP contribution in [0.2, 0.25) is 0 Å². The maximum absolute atomic E-state index is 12.4. The van der Waals surface area contributed by atoms with E-state index in [4.69, 9.17) is 12.2 Å². The van der Waals surface area contributed by atoms with Crippen LogP contribution in [0.5, 0.6) is 5.75 Å². The molecule has 12 heteroatoms. The van der Waals surface area contributed by atoms with Gasteiger partial charge in [-0.25, -0.2) is 9.67 Å². The number of hydrogen-bond acceptors (Lipinski definition) is 7. The van der Waals surface area contributed by atoms with Crippen LogP contribution in [0.3, 0.4) is 0 Å². The number of hydrazine groups is 1. The summed E-state index contributed by atoms with van der Waals surface area (Å²) in [5, 5.41) is 10.5. The van der Waals surface area contributed by atoms with E-state index in [1.54, 1.807) is 11.3 Å². The van der Waals surface area contributed by atoms with Gasteiger partial charge in [0.2, 0.25) is 0 Å². The Labute approximate surface area is 216 Å². The number of halogens is 3. The topological polar surface area (TPSA) is 70.8 Å². The van der Waals surface area contributed by atoms with Gasteiger partial charge in [-0.1, -0.05) is 36.5 Å². The van der Waals surface area contributed by atoms with Gasteiger partial charge < -0.3 is 9.64 Å². The molecule has 1 heterocycles. The Morgan fingerprint density at radius 1 is 0.946 bits per heavy atom. The Balaban J connectivity index is 1.44. The zero-order valence-corrected chi connectivity index (χ0v) is 20.6. The number of anilines is 2. The van der Waals surface area contributed by atoms with Crippen molar-refractivity contribution in [1.82, 2.24) is 20.2 Å². The number of benzene rings is 3. The highest BCUT2D eigenvalue weighted by atomic mass is 32.1. The van der Waals surface area contributed by atoms with E-state index < -0.39 is 6.36 Å². The van der Waals surface area contributed by atoms with Gasteiger partial charge in [-0.05, 0) is 54.1 Å². The molecule has 0 saturated heterocycles. The van der Waals surface area contributed by atoms with E-state index in [0.717, 1.165) is 22.5 Å². The van der Waals surface area contributed by atoms with Gasteiger partial charge >= 0.3 is 6.36 Å². The second-order valence-corrected chi connectivity index (χ2v) is 8.13. The SMILES string of the molecule is CN(C)c1ccc(N(/N=C/c2ccc(-c3ncn(-c4ccc(OC(F)(F)F)cc4)n3)cc2)NC=S)cc1. The van der Waals surface area contributed by atoms with Crippen molar-refractivity contribution in [2.45, 2.75) is 6.36 Å². The molecule has 37 heavy (non-hydrogen) atoms. The number of rotatable bonds is 9. The Bertz CT molecular complexity index is 1350. The summed E-state index contributed by atoms with van der Waals surface area (Å²) >= 11 is 4.94. The van der Waals surface area contributed by atoms with Crippen LogP contribution >= 0.6 is 12.2 Å². The Morgan fingerprint density at radius 2 is 1.59 bits per heavy atom. The molecule has 0 aliphatic carbocycles. The van der Waals surface area contributed by atoms with Gasteiger partial charge in [0.05, 0.1) is 23.1 Å². The fourth-order valence-electron chi connectivity index (χ4n) is 3.28. The predicted octanol–water partition coefficient (Wildman–Crippen LogP) is 5.20. The molecule has 0 bridgehead atoms. The van der Waals surface area contributed by atoms with E-state index in [-0.39, 0.29) is 5.75 Å². The molecule has 0 unspecified atom stereocenters. The molecule has 0 atom stereocenters. The van der Waals surface area contributed by atoms with Crippen molar-refractivity contribution >= 4 is 35.3 Å². The van der Waals surface area contributed by atoms with Crippen molar-refractivity contribution in [3.05, 3.63) is 84.7 Å². The largest absolute Gasteiger partial charge is 0.573 e. The molecule has 1 aromatic heterocycles. The third-order valence-corrected chi connectivity index (χ3v) is 5.21. The summed E-state index contributed by atoms with van der Waals surface area (Å²) in [5.74, 6) is 0.155. The summed E-state index contributed by atoms with van der Waals surface area (Å²) < 4.78 is 42.4. The molecular weight excluding hydrogens is 503 g/mol. The van der Waals surface area contributed by atoms with Crippen molar-refractivity contribution in [3.8, 4) is 22.8 Å². The zero-order chi connectivity index (χ0) is 26.4. The monoisotopic (exact) mass is 525 g/mol. The van der Waals surface area contributed by atoms with Gasteiger partial charge in [-0.2, -0.15) is 10.2 Å². The molecule has 0 spiro atoms. The van der Waals surface area contributed by atoms with Gasteiger partial charge in [0.1, 0.15) is 12.1 Å². The maximum Gasteiger partial charge on any atom is 0.573 e. The number of nitrogens with one attached hydrogen (secondary N) is 1. The van der Waals surface area contributed by atoms with E-state index in [2.05, 4.69) is 25.3 Å². The molecule has 0 radical (unpaired) electrons. The van der Waals surface area contributed by atoms with Crippen LogP contribution in [0.25, 0.3) is 17.1 Å². The first kappa shape index (κ1) is 25.6. The molecule has 8 nitrogen and oxygen atoms in total. The minimum atomic E-state index is -4.74. The van der Waals surface area contributed by atoms with Crippen LogP contribution in [0.1, 0.15) is 5.56 Å². The third-order valence-electron chi connectivity index (χ3n) is 5.10. The smallest absolute Gasteiger partial charge is 0.406 e. The zero-order valence-electron chi connectivity index (χ0n) is 19.8. The lowest BCUT2D eigenvalue weighted by molar-refractivity contribution is -0.274. The van der Waals surface area contributed by atoms with Crippen LogP contribution in [0.4, 0.5) is 24.5 Å². The predicted molar refractivity (Wildman–Crippen MR) is 141 cm³/mol. The summed E-state index contributed by atoms with van der Waals surface area (Å²) in [6.07, 6.45) is -1.57. The number of thiocarbonyl (C=S) groups is 1. The van der Waals surface area contributed by atoms with E-state index in [9.17, 15) is 13.2 Å². The lowest BCUT2D eigenvalue weighted by Gasteiger charge is -2.19. The first-order valence-corrected chi connectivity index (χ1v) is 11.4. The highest BCUT2D eigenvalue weighted by Crippen LogP contribution is 2.24. The Hall–Kier alpha value is -4.45. The van der Waals surface area contributed by atoms with Gasteiger partial charge in [0, 0.05) is 25.3 Å². The lowest BCUT2D eigenvalue weighted by Crippen LogP contribution is -2.31.